The van der Waals surface area contributed by atoms with Gasteiger partial charge in [-0.1, -0.05) is 15.9 Å². The quantitative estimate of drug-likeness (QED) is 0.367. The zero-order chi connectivity index (χ0) is 13.0. The van der Waals surface area contributed by atoms with Crippen LogP contribution in [0.4, 0.5) is 5.69 Å². The highest BCUT2D eigenvalue weighted by molar-refractivity contribution is 9.09. The van der Waals surface area contributed by atoms with E-state index >= 15 is 0 Å². The number of nitro groups is 1. The Hall–Kier alpha value is -1.94. The van der Waals surface area contributed by atoms with Crippen LogP contribution in [0.15, 0.2) is 12.1 Å². The number of rotatable bonds is 4. The molecule has 0 aliphatic carbocycles. The van der Waals surface area contributed by atoms with Gasteiger partial charge < -0.3 is 4.74 Å². The van der Waals surface area contributed by atoms with Crippen molar-refractivity contribution in [1.82, 2.24) is 0 Å². The fraction of sp³-hybridized carbons (Fsp3) is 0.200. The van der Waals surface area contributed by atoms with E-state index in [4.69, 9.17) is 10.00 Å². The number of ether oxygens (including phenoxy) is 1. The number of ketones is 1. The molecule has 0 bridgehead atoms. The summed E-state index contributed by atoms with van der Waals surface area (Å²) in [5, 5.41) is 19.8. The van der Waals surface area contributed by atoms with Gasteiger partial charge in [0.05, 0.1) is 17.4 Å². The Bertz CT molecular complexity index is 522. The Kier molecular flexibility index (Phi) is 4.17. The molecule has 0 N–H and O–H groups in total. The van der Waals surface area contributed by atoms with Crippen molar-refractivity contribution in [3.05, 3.63) is 33.4 Å². The van der Waals surface area contributed by atoms with E-state index in [2.05, 4.69) is 15.9 Å². The number of nitriles is 1. The number of methoxy groups -OCH3 is 1. The number of benzene rings is 1. The van der Waals surface area contributed by atoms with Gasteiger partial charge in [-0.25, -0.2) is 0 Å². The fourth-order valence-corrected chi connectivity index (χ4v) is 1.64. The molecule has 0 saturated carbocycles. The molecule has 0 amide bonds. The maximum Gasteiger partial charge on any atom is 0.329 e. The Morgan fingerprint density at radius 2 is 2.29 bits per heavy atom. The van der Waals surface area contributed by atoms with Gasteiger partial charge in [0, 0.05) is 5.56 Å². The standard InChI is InChI=1S/C10H7BrN2O4/c1-17-9-3-2-6(8(14)4-11)7(5-12)10(9)13(15)16/h2-3H,4H2,1H3. The molecule has 0 unspecified atom stereocenters. The van der Waals surface area contributed by atoms with E-state index in [1.54, 1.807) is 6.07 Å². The number of nitro benzene ring substituents is 1. The fourth-order valence-electron chi connectivity index (χ4n) is 1.34. The first-order valence-corrected chi connectivity index (χ1v) is 5.53. The number of nitrogens with zero attached hydrogens (tertiary/aromatic N) is 2. The molecule has 88 valence electrons. The van der Waals surface area contributed by atoms with Gasteiger partial charge in [-0.2, -0.15) is 5.26 Å². The maximum atomic E-state index is 11.5. The van der Waals surface area contributed by atoms with E-state index in [0.29, 0.717) is 0 Å². The van der Waals surface area contributed by atoms with E-state index < -0.39 is 16.4 Å². The minimum absolute atomic E-state index is 0.00877. The molecule has 0 aromatic heterocycles. The molecule has 0 fully saturated rings. The van der Waals surface area contributed by atoms with Gasteiger partial charge in [-0.05, 0) is 12.1 Å². The molecule has 0 radical (unpaired) electrons. The van der Waals surface area contributed by atoms with Crippen LogP contribution in [0.2, 0.25) is 0 Å². The predicted molar refractivity (Wildman–Crippen MR) is 62.5 cm³/mol. The minimum Gasteiger partial charge on any atom is -0.490 e. The number of carbonyl (C=O) groups excluding carboxylic acids is 1. The molecular weight excluding hydrogens is 292 g/mol. The van der Waals surface area contributed by atoms with Crippen molar-refractivity contribution in [2.75, 3.05) is 12.4 Å². The molecule has 1 aromatic carbocycles. The topological polar surface area (TPSA) is 93.2 Å². The Labute approximate surface area is 105 Å². The van der Waals surface area contributed by atoms with Crippen LogP contribution < -0.4 is 4.74 Å². The molecule has 6 nitrogen and oxygen atoms in total. The number of Topliss-reactive ketones (excluding diaryl/α,β-unsaturated/α-hetero) is 1. The molecule has 1 aromatic rings. The Morgan fingerprint density at radius 1 is 1.65 bits per heavy atom. The van der Waals surface area contributed by atoms with Crippen molar-refractivity contribution in [1.29, 1.82) is 5.26 Å². The summed E-state index contributed by atoms with van der Waals surface area (Å²) in [5.74, 6) is -0.440. The summed E-state index contributed by atoms with van der Waals surface area (Å²) in [5.41, 5.74) is -0.752. The molecule has 0 saturated heterocycles. The molecule has 0 aliphatic heterocycles. The van der Waals surface area contributed by atoms with Crippen LogP contribution >= 0.6 is 15.9 Å². The van der Waals surface area contributed by atoms with E-state index in [-0.39, 0.29) is 22.2 Å². The third-order valence-electron chi connectivity index (χ3n) is 2.08. The summed E-state index contributed by atoms with van der Waals surface area (Å²) in [6.07, 6.45) is 0. The summed E-state index contributed by atoms with van der Waals surface area (Å²) >= 11 is 2.95. The molecule has 7 heteroatoms. The van der Waals surface area contributed by atoms with Crippen LogP contribution in [0.25, 0.3) is 0 Å². The maximum absolute atomic E-state index is 11.5. The highest BCUT2D eigenvalue weighted by Gasteiger charge is 2.26. The number of alkyl halides is 1. The van der Waals surface area contributed by atoms with Crippen LogP contribution in [-0.4, -0.2) is 23.1 Å². The molecule has 0 atom stereocenters. The van der Waals surface area contributed by atoms with Gasteiger partial charge >= 0.3 is 5.69 Å². The lowest BCUT2D eigenvalue weighted by molar-refractivity contribution is -0.386. The van der Waals surface area contributed by atoms with E-state index in [1.807, 2.05) is 0 Å². The molecule has 1 rings (SSSR count). The van der Waals surface area contributed by atoms with Crippen molar-refractivity contribution < 1.29 is 14.5 Å². The summed E-state index contributed by atoms with van der Waals surface area (Å²) in [6, 6.07) is 4.31. The van der Waals surface area contributed by atoms with E-state index in [0.717, 1.165) is 0 Å². The first-order valence-electron chi connectivity index (χ1n) is 4.41. The normalized spacial score (nSPS) is 9.47. The summed E-state index contributed by atoms with van der Waals surface area (Å²) in [6.45, 7) is 0. The van der Waals surface area contributed by atoms with Gasteiger partial charge in [0.1, 0.15) is 11.6 Å². The second-order valence-corrected chi connectivity index (χ2v) is 3.53. The monoisotopic (exact) mass is 298 g/mol. The molecule has 0 heterocycles. The van der Waals surface area contributed by atoms with Gasteiger partial charge in [-0.3, -0.25) is 14.9 Å². The van der Waals surface area contributed by atoms with Crippen molar-refractivity contribution >= 4 is 27.4 Å². The summed E-state index contributed by atoms with van der Waals surface area (Å²) in [4.78, 5) is 21.6. The molecule has 0 aliphatic rings. The lowest BCUT2D eigenvalue weighted by Gasteiger charge is -2.06. The number of hydrogen-bond donors (Lipinski definition) is 0. The highest BCUT2D eigenvalue weighted by Crippen LogP contribution is 2.32. The summed E-state index contributed by atoms with van der Waals surface area (Å²) in [7, 11) is 1.26. The molecular formula is C10H7BrN2O4. The number of halogens is 1. The van der Waals surface area contributed by atoms with Gasteiger partial charge in [-0.15, -0.1) is 0 Å². The Balaban J connectivity index is 3.59. The van der Waals surface area contributed by atoms with Crippen molar-refractivity contribution in [3.8, 4) is 11.8 Å². The van der Waals surface area contributed by atoms with Gasteiger partial charge in [0.25, 0.3) is 0 Å². The van der Waals surface area contributed by atoms with Crippen molar-refractivity contribution in [3.63, 3.8) is 0 Å². The third-order valence-corrected chi connectivity index (χ3v) is 2.59. The predicted octanol–water partition coefficient (Wildman–Crippen LogP) is 2.05. The highest BCUT2D eigenvalue weighted by atomic mass is 79.9. The van der Waals surface area contributed by atoms with Gasteiger partial charge in [0.15, 0.2) is 11.5 Å². The second kappa shape index (κ2) is 5.41. The molecule has 17 heavy (non-hydrogen) atoms. The lowest BCUT2D eigenvalue weighted by atomic mass is 10.0. The van der Waals surface area contributed by atoms with E-state index in [1.165, 1.54) is 19.2 Å². The zero-order valence-corrected chi connectivity index (χ0v) is 10.4. The lowest BCUT2D eigenvalue weighted by Crippen LogP contribution is -2.07. The van der Waals surface area contributed by atoms with Crippen LogP contribution in [0.3, 0.4) is 0 Å². The van der Waals surface area contributed by atoms with Crippen LogP contribution in [0, 0.1) is 21.4 Å². The van der Waals surface area contributed by atoms with E-state index in [9.17, 15) is 14.9 Å². The third kappa shape index (κ3) is 2.42. The zero-order valence-electron chi connectivity index (χ0n) is 8.77. The van der Waals surface area contributed by atoms with Crippen LogP contribution in [0.5, 0.6) is 5.75 Å². The number of hydrogen-bond acceptors (Lipinski definition) is 5. The van der Waals surface area contributed by atoms with Crippen LogP contribution in [-0.2, 0) is 0 Å². The average Bonchev–Trinajstić information content (AvgIpc) is 2.35. The largest absolute Gasteiger partial charge is 0.490 e. The smallest absolute Gasteiger partial charge is 0.329 e. The van der Waals surface area contributed by atoms with Crippen LogP contribution in [0.1, 0.15) is 15.9 Å². The van der Waals surface area contributed by atoms with Gasteiger partial charge in [0.2, 0.25) is 0 Å². The average molecular weight is 299 g/mol. The van der Waals surface area contributed by atoms with Crippen molar-refractivity contribution in [2.24, 2.45) is 0 Å². The summed E-state index contributed by atoms with van der Waals surface area (Å²) < 4.78 is 4.80. The second-order valence-electron chi connectivity index (χ2n) is 2.96. The Morgan fingerprint density at radius 3 is 2.71 bits per heavy atom. The SMILES string of the molecule is COc1ccc(C(=O)CBr)c(C#N)c1[N+](=O)[O-]. The van der Waals surface area contributed by atoms with Crippen molar-refractivity contribution in [2.45, 2.75) is 0 Å². The minimum atomic E-state index is -0.734. The molecule has 0 spiro atoms. The number of carbonyl (C=O) groups is 1. The first-order chi connectivity index (χ1) is 8.06. The first kappa shape index (κ1) is 13.1.